The molecule has 0 saturated heterocycles. The molecule has 0 fully saturated rings. The maximum absolute atomic E-state index is 13.8. The predicted molar refractivity (Wildman–Crippen MR) is 143 cm³/mol. The summed E-state index contributed by atoms with van der Waals surface area (Å²) in [6, 6.07) is 23.7. The van der Waals surface area contributed by atoms with Gasteiger partial charge in [0.2, 0.25) is 11.8 Å². The van der Waals surface area contributed by atoms with Gasteiger partial charge in [-0.3, -0.25) is 9.59 Å². The first-order valence-corrected chi connectivity index (χ1v) is 12.5. The Bertz CT molecular complexity index is 1140. The number of rotatable bonds is 10. The number of nitrogens with one attached hydrogen (secondary N) is 1. The fraction of sp³-hybridized carbons (Fsp3) is 0.355. The van der Waals surface area contributed by atoms with Crippen molar-refractivity contribution in [2.45, 2.75) is 72.5 Å². The third-order valence-electron chi connectivity index (χ3n) is 6.63. The van der Waals surface area contributed by atoms with Gasteiger partial charge in [-0.25, -0.2) is 0 Å². The first-order chi connectivity index (χ1) is 16.8. The van der Waals surface area contributed by atoms with Crippen molar-refractivity contribution in [3.05, 3.63) is 106 Å². The Labute approximate surface area is 210 Å². The second-order valence-corrected chi connectivity index (χ2v) is 9.63. The fourth-order valence-electron chi connectivity index (χ4n) is 4.19. The Hall–Kier alpha value is -3.40. The number of aryl methyl sites for hydroxylation is 3. The normalized spacial score (nSPS) is 12.6. The zero-order valence-electron chi connectivity index (χ0n) is 21.7. The molecule has 0 aliphatic carbocycles. The van der Waals surface area contributed by atoms with Crippen molar-refractivity contribution in [3.63, 3.8) is 0 Å². The highest BCUT2D eigenvalue weighted by Gasteiger charge is 2.31. The monoisotopic (exact) mass is 470 g/mol. The van der Waals surface area contributed by atoms with Crippen LogP contribution in [0.15, 0.2) is 72.8 Å². The number of amides is 2. The summed E-state index contributed by atoms with van der Waals surface area (Å²) in [6.45, 7) is 10.6. The summed E-state index contributed by atoms with van der Waals surface area (Å²) >= 11 is 0. The lowest BCUT2D eigenvalue weighted by Gasteiger charge is -2.32. The van der Waals surface area contributed by atoms with Crippen molar-refractivity contribution in [1.29, 1.82) is 0 Å². The summed E-state index contributed by atoms with van der Waals surface area (Å²) in [5.41, 5.74) is 6.52. The predicted octanol–water partition coefficient (Wildman–Crippen LogP) is 5.71. The zero-order valence-corrected chi connectivity index (χ0v) is 21.7. The van der Waals surface area contributed by atoms with Crippen molar-refractivity contribution in [1.82, 2.24) is 10.2 Å². The smallest absolute Gasteiger partial charge is 0.243 e. The minimum Gasteiger partial charge on any atom is -0.352 e. The van der Waals surface area contributed by atoms with Gasteiger partial charge >= 0.3 is 0 Å². The van der Waals surface area contributed by atoms with Crippen LogP contribution in [0.2, 0.25) is 0 Å². The van der Waals surface area contributed by atoms with Gasteiger partial charge in [0.25, 0.3) is 0 Å². The fourth-order valence-corrected chi connectivity index (χ4v) is 4.19. The van der Waals surface area contributed by atoms with Crippen molar-refractivity contribution < 1.29 is 9.59 Å². The van der Waals surface area contributed by atoms with Crippen LogP contribution in [0.3, 0.4) is 0 Å². The summed E-state index contributed by atoms with van der Waals surface area (Å²) in [4.78, 5) is 29.2. The number of nitrogens with zero attached hydrogens (tertiary/aromatic N) is 1. The third kappa shape index (κ3) is 7.54. The van der Waals surface area contributed by atoms with E-state index < -0.39 is 6.04 Å². The average molecular weight is 471 g/mol. The number of carbonyl (C=O) groups excluding carboxylic acids is 2. The van der Waals surface area contributed by atoms with E-state index in [1.807, 2.05) is 75.4 Å². The molecule has 184 valence electrons. The van der Waals surface area contributed by atoms with Gasteiger partial charge in [0.1, 0.15) is 6.04 Å². The molecular formula is C31H38N2O2. The average Bonchev–Trinajstić information content (AvgIpc) is 2.84. The quantitative estimate of drug-likeness (QED) is 0.413. The second kappa shape index (κ2) is 12.3. The molecule has 4 nitrogen and oxygen atoms in total. The molecule has 1 N–H and O–H groups in total. The molecule has 0 bridgehead atoms. The first-order valence-electron chi connectivity index (χ1n) is 12.5. The van der Waals surface area contributed by atoms with Gasteiger partial charge in [-0.05, 0) is 61.9 Å². The second-order valence-electron chi connectivity index (χ2n) is 9.63. The highest BCUT2D eigenvalue weighted by Crippen LogP contribution is 2.18. The lowest BCUT2D eigenvalue weighted by atomic mass is 9.99. The number of benzene rings is 3. The molecule has 3 rings (SSSR count). The van der Waals surface area contributed by atoms with Gasteiger partial charge in [0, 0.05) is 19.0 Å². The zero-order chi connectivity index (χ0) is 25.4. The molecule has 35 heavy (non-hydrogen) atoms. The van der Waals surface area contributed by atoms with Crippen molar-refractivity contribution in [2.75, 3.05) is 0 Å². The molecule has 0 aliphatic rings. The van der Waals surface area contributed by atoms with Gasteiger partial charge in [0.15, 0.2) is 0 Å². The third-order valence-corrected chi connectivity index (χ3v) is 6.63. The summed E-state index contributed by atoms with van der Waals surface area (Å²) in [7, 11) is 0. The van der Waals surface area contributed by atoms with E-state index in [1.54, 1.807) is 4.90 Å². The molecule has 4 heteroatoms. The Morgan fingerprint density at radius 3 is 2.20 bits per heavy atom. The first kappa shape index (κ1) is 26.2. The van der Waals surface area contributed by atoms with Gasteiger partial charge in [-0.15, -0.1) is 0 Å². The van der Waals surface area contributed by atoms with Crippen LogP contribution in [0.5, 0.6) is 0 Å². The molecule has 0 spiro atoms. The largest absolute Gasteiger partial charge is 0.352 e. The van der Waals surface area contributed by atoms with Gasteiger partial charge in [0.05, 0.1) is 6.42 Å². The van der Waals surface area contributed by atoms with Gasteiger partial charge in [-0.1, -0.05) is 85.3 Å². The highest BCUT2D eigenvalue weighted by atomic mass is 16.2. The molecule has 2 amide bonds. The molecule has 0 aliphatic heterocycles. The molecule has 0 saturated carbocycles. The molecule has 0 radical (unpaired) electrons. The van der Waals surface area contributed by atoms with Crippen molar-refractivity contribution in [2.24, 2.45) is 0 Å². The van der Waals surface area contributed by atoms with E-state index in [-0.39, 0.29) is 24.3 Å². The SMILES string of the molecule is CCC(C)NC(=O)C(Cc1ccccc1)N(Cc1cccc(C)c1)C(=O)Cc1ccc(C)c(C)c1. The Kier molecular flexibility index (Phi) is 9.25. The van der Waals surface area contributed by atoms with Crippen molar-refractivity contribution >= 4 is 11.8 Å². The van der Waals surface area contributed by atoms with E-state index in [4.69, 9.17) is 0 Å². The molecule has 0 heterocycles. The van der Waals surface area contributed by atoms with Crippen LogP contribution in [0.25, 0.3) is 0 Å². The van der Waals surface area contributed by atoms with Gasteiger partial charge < -0.3 is 10.2 Å². The maximum Gasteiger partial charge on any atom is 0.243 e. The summed E-state index contributed by atoms with van der Waals surface area (Å²) in [6.07, 6.45) is 1.56. The van der Waals surface area contributed by atoms with E-state index in [9.17, 15) is 9.59 Å². The van der Waals surface area contributed by atoms with Crippen molar-refractivity contribution in [3.8, 4) is 0 Å². The van der Waals surface area contributed by atoms with E-state index in [1.165, 1.54) is 5.56 Å². The highest BCUT2D eigenvalue weighted by molar-refractivity contribution is 5.89. The van der Waals surface area contributed by atoms with Crippen LogP contribution in [0, 0.1) is 20.8 Å². The minimum atomic E-state index is -0.606. The Balaban J connectivity index is 1.98. The maximum atomic E-state index is 13.8. The molecule has 3 aromatic carbocycles. The van der Waals surface area contributed by atoms with Gasteiger partial charge in [-0.2, -0.15) is 0 Å². The van der Waals surface area contributed by atoms with Crippen LogP contribution in [0.1, 0.15) is 53.6 Å². The summed E-state index contributed by atoms with van der Waals surface area (Å²) in [5.74, 6) is -0.153. The molecular weight excluding hydrogens is 432 g/mol. The van der Waals surface area contributed by atoms with Crippen LogP contribution in [0.4, 0.5) is 0 Å². The number of carbonyl (C=O) groups is 2. The molecule has 3 aromatic rings. The van der Waals surface area contributed by atoms with Crippen LogP contribution in [-0.4, -0.2) is 28.8 Å². The van der Waals surface area contributed by atoms with Crippen LogP contribution < -0.4 is 5.32 Å². The Morgan fingerprint density at radius 2 is 1.54 bits per heavy atom. The Morgan fingerprint density at radius 1 is 0.829 bits per heavy atom. The number of hydrogen-bond donors (Lipinski definition) is 1. The lowest BCUT2D eigenvalue weighted by molar-refractivity contribution is -0.141. The standard InChI is InChI=1S/C31H38N2O2/c1-6-25(5)32-31(35)29(19-26-12-8-7-9-13-26)33(21-28-14-10-11-22(2)17-28)30(34)20-27-16-15-23(3)24(4)18-27/h7-18,25,29H,6,19-21H2,1-5H3,(H,32,35). The minimum absolute atomic E-state index is 0.0384. The topological polar surface area (TPSA) is 49.4 Å². The van der Waals surface area contributed by atoms with Crippen LogP contribution >= 0.6 is 0 Å². The van der Waals surface area contributed by atoms with Crippen LogP contribution in [-0.2, 0) is 29.0 Å². The molecule has 0 aromatic heterocycles. The van der Waals surface area contributed by atoms with E-state index in [2.05, 4.69) is 37.4 Å². The number of hydrogen-bond acceptors (Lipinski definition) is 2. The summed E-state index contributed by atoms with van der Waals surface area (Å²) in [5, 5.41) is 3.13. The van der Waals surface area contributed by atoms with E-state index in [0.29, 0.717) is 13.0 Å². The molecule has 2 atom stereocenters. The summed E-state index contributed by atoms with van der Waals surface area (Å²) < 4.78 is 0. The van der Waals surface area contributed by atoms with E-state index >= 15 is 0 Å². The van der Waals surface area contributed by atoms with E-state index in [0.717, 1.165) is 34.2 Å². The molecule has 2 unspecified atom stereocenters. The lowest BCUT2D eigenvalue weighted by Crippen LogP contribution is -2.52.